The molecule has 0 bridgehead atoms. The number of aliphatic carboxylic acids is 4. The zero-order valence-corrected chi connectivity index (χ0v) is 23.3. The predicted octanol–water partition coefficient (Wildman–Crippen LogP) is -3.46. The van der Waals surface area contributed by atoms with E-state index in [1.54, 1.807) is 0 Å². The van der Waals surface area contributed by atoms with Crippen LogP contribution in [0.5, 0.6) is 0 Å². The Hall–Kier alpha value is -2.44. The van der Waals surface area contributed by atoms with Crippen molar-refractivity contribution >= 4 is 23.9 Å². The summed E-state index contributed by atoms with van der Waals surface area (Å²) in [5.41, 5.74) is 0. The summed E-state index contributed by atoms with van der Waals surface area (Å²) < 4.78 is 0. The molecule has 0 aromatic rings. The van der Waals surface area contributed by atoms with Crippen LogP contribution in [0.1, 0.15) is 27.7 Å². The molecule has 1 fully saturated rings. The molecule has 0 aromatic carbocycles. The van der Waals surface area contributed by atoms with Crippen LogP contribution < -0.4 is 0 Å². The Morgan fingerprint density at radius 2 is 0.625 bits per heavy atom. The summed E-state index contributed by atoms with van der Waals surface area (Å²) in [6.07, 6.45) is -4.96. The Bertz CT molecular complexity index is 720. The first-order chi connectivity index (χ1) is 18.4. The number of rotatable bonds is 12. The minimum atomic E-state index is -1.29. The van der Waals surface area contributed by atoms with E-state index in [1.165, 1.54) is 47.3 Å². The minimum absolute atomic E-state index is 0.279. The SMILES string of the molecule is C[C@H](O)[C@H]1CN(CC(=O)O)[C@@H]([C@H](C)O)CN(CC(=O)O)[C@@H]([C@H](C)O)CN(CC(=O)O)[C@@H]([C@H](C)O)CN1CC(=O)O. The highest BCUT2D eigenvalue weighted by atomic mass is 16.4. The third kappa shape index (κ3) is 11.2. The lowest BCUT2D eigenvalue weighted by molar-refractivity contribution is -0.147. The lowest BCUT2D eigenvalue weighted by atomic mass is 9.99. The molecule has 0 spiro atoms. The highest BCUT2D eigenvalue weighted by Gasteiger charge is 2.40. The first-order valence-corrected chi connectivity index (χ1v) is 13.0. The number of carbonyl (C=O) groups is 4. The maximum Gasteiger partial charge on any atom is 0.317 e. The van der Waals surface area contributed by atoms with Crippen LogP contribution in [0.2, 0.25) is 0 Å². The van der Waals surface area contributed by atoms with Crippen LogP contribution in [-0.2, 0) is 19.2 Å². The van der Waals surface area contributed by atoms with Crippen LogP contribution in [0.25, 0.3) is 0 Å². The van der Waals surface area contributed by atoms with E-state index in [9.17, 15) is 60.0 Å². The maximum atomic E-state index is 11.8. The third-order valence-corrected chi connectivity index (χ3v) is 7.14. The molecule has 16 nitrogen and oxygen atoms in total. The summed E-state index contributed by atoms with van der Waals surface area (Å²) in [6, 6.07) is -4.21. The van der Waals surface area contributed by atoms with Gasteiger partial charge < -0.3 is 40.9 Å². The molecule has 8 N–H and O–H groups in total. The normalized spacial score (nSPS) is 28.0. The quantitative estimate of drug-likeness (QED) is 0.112. The Labute approximate surface area is 232 Å². The fourth-order valence-corrected chi connectivity index (χ4v) is 5.22. The topological polar surface area (TPSA) is 243 Å². The molecule has 1 rings (SSSR count). The fraction of sp³-hybridized carbons (Fsp3) is 0.833. The highest BCUT2D eigenvalue weighted by molar-refractivity contribution is 5.70. The number of aliphatic hydroxyl groups excluding tert-OH is 4. The first-order valence-electron chi connectivity index (χ1n) is 13.0. The van der Waals surface area contributed by atoms with E-state index in [4.69, 9.17) is 0 Å². The van der Waals surface area contributed by atoms with Gasteiger partial charge in [0.25, 0.3) is 0 Å². The molecule has 8 atom stereocenters. The number of aliphatic hydroxyl groups is 4. The average Bonchev–Trinajstić information content (AvgIpc) is 2.77. The predicted molar refractivity (Wildman–Crippen MR) is 139 cm³/mol. The lowest BCUT2D eigenvalue weighted by Gasteiger charge is -2.47. The van der Waals surface area contributed by atoms with E-state index in [2.05, 4.69) is 0 Å². The van der Waals surface area contributed by atoms with E-state index < -0.39 is 98.6 Å². The third-order valence-electron chi connectivity index (χ3n) is 7.14. The molecule has 40 heavy (non-hydrogen) atoms. The maximum absolute atomic E-state index is 11.8. The van der Waals surface area contributed by atoms with Gasteiger partial charge in [-0.15, -0.1) is 0 Å². The Morgan fingerprint density at radius 1 is 0.475 bits per heavy atom. The van der Waals surface area contributed by atoms with Crippen molar-refractivity contribution in [1.29, 1.82) is 0 Å². The second kappa shape index (κ2) is 16.1. The Balaban J connectivity index is 3.92. The van der Waals surface area contributed by atoms with Crippen molar-refractivity contribution < 1.29 is 60.0 Å². The van der Waals surface area contributed by atoms with Gasteiger partial charge in [-0.25, -0.2) is 0 Å². The van der Waals surface area contributed by atoms with Crippen molar-refractivity contribution in [3.8, 4) is 0 Å². The smallest absolute Gasteiger partial charge is 0.317 e. The van der Waals surface area contributed by atoms with E-state index in [0.717, 1.165) is 0 Å². The second-order valence-corrected chi connectivity index (χ2v) is 10.5. The summed E-state index contributed by atoms with van der Waals surface area (Å²) in [5.74, 6) is -5.17. The van der Waals surface area contributed by atoms with Gasteiger partial charge in [0.15, 0.2) is 0 Å². The standard InChI is InChI=1S/C24H44N4O12/c1-13(29)17-5-26(10-22(35)36)19(15(3)31)7-28(12-24(39)40)20(16(4)32)8-27(11-23(37)38)18(14(2)30)6-25(17)9-21(33)34/h13-20,29-32H,5-12H2,1-4H3,(H,33,34)(H,35,36)(H,37,38)(H,39,40)/t13-,14-,15-,16-,17+,18+,19+,20+/m0/s1. The molecule has 1 saturated heterocycles. The van der Waals surface area contributed by atoms with Gasteiger partial charge in [0, 0.05) is 50.3 Å². The van der Waals surface area contributed by atoms with Crippen LogP contribution in [0.4, 0.5) is 0 Å². The van der Waals surface area contributed by atoms with Gasteiger partial charge in [-0.2, -0.15) is 0 Å². The van der Waals surface area contributed by atoms with Crippen LogP contribution in [-0.4, -0.2) is 185 Å². The van der Waals surface area contributed by atoms with Gasteiger partial charge in [-0.3, -0.25) is 38.8 Å². The van der Waals surface area contributed by atoms with Crippen LogP contribution >= 0.6 is 0 Å². The summed E-state index contributed by atoms with van der Waals surface area (Å²) >= 11 is 0. The van der Waals surface area contributed by atoms with Gasteiger partial charge in [0.1, 0.15) is 0 Å². The number of carboxylic acid groups (broad SMARTS) is 4. The average molecular weight is 581 g/mol. The van der Waals surface area contributed by atoms with Crippen LogP contribution in [0.15, 0.2) is 0 Å². The summed E-state index contributed by atoms with van der Waals surface area (Å²) in [4.78, 5) is 52.5. The number of nitrogens with zero attached hydrogens (tertiary/aromatic N) is 4. The van der Waals surface area contributed by atoms with Gasteiger partial charge in [-0.1, -0.05) is 0 Å². The van der Waals surface area contributed by atoms with Crippen molar-refractivity contribution in [3.63, 3.8) is 0 Å². The van der Waals surface area contributed by atoms with Gasteiger partial charge in [0.05, 0.1) is 50.6 Å². The number of hydrogen-bond acceptors (Lipinski definition) is 12. The largest absolute Gasteiger partial charge is 0.480 e. The fourth-order valence-electron chi connectivity index (χ4n) is 5.22. The zero-order chi connectivity index (χ0) is 30.9. The molecule has 1 heterocycles. The van der Waals surface area contributed by atoms with E-state index in [-0.39, 0.29) is 26.2 Å². The van der Waals surface area contributed by atoms with Gasteiger partial charge in [0.2, 0.25) is 0 Å². The molecule has 232 valence electrons. The molecule has 1 aliphatic heterocycles. The lowest BCUT2D eigenvalue weighted by Crippen LogP contribution is -2.65. The molecule has 16 heteroatoms. The van der Waals surface area contributed by atoms with Crippen LogP contribution in [0.3, 0.4) is 0 Å². The molecule has 0 amide bonds. The molecule has 1 aliphatic rings. The first kappa shape index (κ1) is 35.6. The number of carboxylic acids is 4. The molecular weight excluding hydrogens is 536 g/mol. The summed E-state index contributed by atoms with van der Waals surface area (Å²) in [7, 11) is 0. The van der Waals surface area contributed by atoms with Gasteiger partial charge >= 0.3 is 23.9 Å². The highest BCUT2D eigenvalue weighted by Crippen LogP contribution is 2.21. The van der Waals surface area contributed by atoms with E-state index in [0.29, 0.717) is 0 Å². The second-order valence-electron chi connectivity index (χ2n) is 10.5. The minimum Gasteiger partial charge on any atom is -0.480 e. The molecule has 0 saturated carbocycles. The van der Waals surface area contributed by atoms with Crippen LogP contribution in [0, 0.1) is 0 Å². The number of hydrogen-bond donors (Lipinski definition) is 8. The van der Waals surface area contributed by atoms with Gasteiger partial charge in [-0.05, 0) is 27.7 Å². The van der Waals surface area contributed by atoms with Crippen molar-refractivity contribution in [2.45, 2.75) is 76.3 Å². The summed E-state index contributed by atoms with van der Waals surface area (Å²) in [5, 5.41) is 81.4. The summed E-state index contributed by atoms with van der Waals surface area (Å²) in [6.45, 7) is 1.77. The van der Waals surface area contributed by atoms with E-state index in [1.807, 2.05) is 0 Å². The molecule has 0 aromatic heterocycles. The molecule has 0 radical (unpaired) electrons. The Morgan fingerprint density at radius 3 is 0.725 bits per heavy atom. The van der Waals surface area contributed by atoms with Crippen molar-refractivity contribution in [1.82, 2.24) is 19.6 Å². The van der Waals surface area contributed by atoms with Crippen molar-refractivity contribution in [3.05, 3.63) is 0 Å². The molecular formula is C24H44N4O12. The Kier molecular flexibility index (Phi) is 14.3. The van der Waals surface area contributed by atoms with E-state index >= 15 is 0 Å². The molecule has 0 unspecified atom stereocenters. The molecule has 0 aliphatic carbocycles. The monoisotopic (exact) mass is 580 g/mol. The van der Waals surface area contributed by atoms with Crippen molar-refractivity contribution in [2.24, 2.45) is 0 Å². The van der Waals surface area contributed by atoms with Crippen molar-refractivity contribution in [2.75, 3.05) is 52.4 Å². The zero-order valence-electron chi connectivity index (χ0n) is 23.3.